The highest BCUT2D eigenvalue weighted by Gasteiger charge is 2.38. The van der Waals surface area contributed by atoms with Crippen molar-refractivity contribution in [2.45, 2.75) is 19.4 Å². The number of amides is 2. The lowest BCUT2D eigenvalue weighted by Gasteiger charge is -2.35. The van der Waals surface area contributed by atoms with Gasteiger partial charge in [-0.1, -0.05) is 6.07 Å². The van der Waals surface area contributed by atoms with Crippen molar-refractivity contribution < 1.29 is 14.3 Å². The number of nitrogens with zero attached hydrogens (tertiary/aromatic N) is 4. The van der Waals surface area contributed by atoms with Gasteiger partial charge in [0, 0.05) is 25.8 Å². The highest BCUT2D eigenvalue weighted by molar-refractivity contribution is 5.80. The first-order valence-electron chi connectivity index (χ1n) is 7.77. The second kappa shape index (κ2) is 5.26. The molecule has 0 bridgehead atoms. The molecule has 2 aromatic rings. The molecular formula is C16H18N4O3. The van der Waals surface area contributed by atoms with Crippen LogP contribution < -0.4 is 0 Å². The molecular weight excluding hydrogens is 296 g/mol. The Bertz CT molecular complexity index is 785. The van der Waals surface area contributed by atoms with Crippen LogP contribution in [0.3, 0.4) is 0 Å². The van der Waals surface area contributed by atoms with E-state index in [1.54, 1.807) is 4.90 Å². The molecule has 7 nitrogen and oxygen atoms in total. The van der Waals surface area contributed by atoms with Gasteiger partial charge in [-0.15, -0.1) is 0 Å². The van der Waals surface area contributed by atoms with Gasteiger partial charge in [-0.2, -0.15) is 0 Å². The van der Waals surface area contributed by atoms with Gasteiger partial charge in [0.2, 0.25) is 5.91 Å². The van der Waals surface area contributed by atoms with Crippen molar-refractivity contribution in [2.24, 2.45) is 0 Å². The van der Waals surface area contributed by atoms with Gasteiger partial charge in [0.05, 0.1) is 23.9 Å². The van der Waals surface area contributed by atoms with E-state index in [1.165, 1.54) is 0 Å². The van der Waals surface area contributed by atoms with Crippen molar-refractivity contribution in [2.75, 3.05) is 26.2 Å². The molecule has 2 amide bonds. The average Bonchev–Trinajstić information content (AvgIpc) is 3.08. The molecule has 7 heteroatoms. The number of fused-ring (bicyclic) bond motifs is 2. The SMILES string of the molecule is Cc1nc2ccccn2c1CC(=O)N1CCN2C(=O)OCC2C1. The maximum Gasteiger partial charge on any atom is 0.410 e. The van der Waals surface area contributed by atoms with Crippen molar-refractivity contribution in [3.8, 4) is 0 Å². The van der Waals surface area contributed by atoms with E-state index >= 15 is 0 Å². The summed E-state index contributed by atoms with van der Waals surface area (Å²) in [5, 5.41) is 0. The van der Waals surface area contributed by atoms with Crippen LogP contribution in [0, 0.1) is 6.92 Å². The number of imidazole rings is 1. The lowest BCUT2D eigenvalue weighted by Crippen LogP contribution is -2.54. The minimum atomic E-state index is -0.264. The third kappa shape index (κ3) is 2.32. The summed E-state index contributed by atoms with van der Waals surface area (Å²) in [6, 6.07) is 5.79. The fraction of sp³-hybridized carbons (Fsp3) is 0.438. The number of carbonyl (C=O) groups excluding carboxylic acids is 2. The molecule has 0 aromatic carbocycles. The molecule has 1 atom stereocenters. The first-order chi connectivity index (χ1) is 11.1. The third-order valence-corrected chi connectivity index (χ3v) is 4.62. The number of aromatic nitrogens is 2. The Morgan fingerprint density at radius 1 is 1.39 bits per heavy atom. The van der Waals surface area contributed by atoms with Crippen molar-refractivity contribution in [3.05, 3.63) is 35.8 Å². The Kier molecular flexibility index (Phi) is 3.21. The number of piperazine rings is 1. The van der Waals surface area contributed by atoms with Crippen molar-refractivity contribution >= 4 is 17.6 Å². The average molecular weight is 314 g/mol. The van der Waals surface area contributed by atoms with E-state index in [0.717, 1.165) is 17.0 Å². The van der Waals surface area contributed by atoms with Gasteiger partial charge in [0.15, 0.2) is 0 Å². The van der Waals surface area contributed by atoms with Gasteiger partial charge in [-0.25, -0.2) is 9.78 Å². The first kappa shape index (κ1) is 14.0. The summed E-state index contributed by atoms with van der Waals surface area (Å²) >= 11 is 0. The predicted molar refractivity (Wildman–Crippen MR) is 82.1 cm³/mol. The maximum atomic E-state index is 12.7. The molecule has 2 aliphatic rings. The fourth-order valence-corrected chi connectivity index (χ4v) is 3.35. The molecule has 23 heavy (non-hydrogen) atoms. The Morgan fingerprint density at radius 3 is 3.13 bits per heavy atom. The van der Waals surface area contributed by atoms with Crippen LogP contribution in [0.1, 0.15) is 11.4 Å². The maximum absolute atomic E-state index is 12.7. The normalized spacial score (nSPS) is 20.7. The number of pyridine rings is 1. The van der Waals surface area contributed by atoms with Crippen molar-refractivity contribution in [1.29, 1.82) is 0 Å². The Hall–Kier alpha value is -2.57. The zero-order chi connectivity index (χ0) is 16.0. The summed E-state index contributed by atoms with van der Waals surface area (Å²) < 4.78 is 7.01. The number of aryl methyl sites for hydroxylation is 1. The van der Waals surface area contributed by atoms with Crippen LogP contribution >= 0.6 is 0 Å². The predicted octanol–water partition coefficient (Wildman–Crippen LogP) is 0.848. The van der Waals surface area contributed by atoms with E-state index in [2.05, 4.69) is 4.98 Å². The number of hydrogen-bond acceptors (Lipinski definition) is 4. The molecule has 2 aromatic heterocycles. The van der Waals surface area contributed by atoms with E-state index in [0.29, 0.717) is 32.7 Å². The molecule has 120 valence electrons. The van der Waals surface area contributed by atoms with Crippen LogP contribution in [0.25, 0.3) is 5.65 Å². The minimum absolute atomic E-state index is 0.0107. The smallest absolute Gasteiger partial charge is 0.410 e. The fourth-order valence-electron chi connectivity index (χ4n) is 3.35. The topological polar surface area (TPSA) is 67.2 Å². The van der Waals surface area contributed by atoms with Crippen molar-refractivity contribution in [1.82, 2.24) is 19.2 Å². The molecule has 4 rings (SSSR count). The van der Waals surface area contributed by atoms with Gasteiger partial charge in [0.1, 0.15) is 12.3 Å². The van der Waals surface area contributed by atoms with Gasteiger partial charge >= 0.3 is 6.09 Å². The Labute approximate surface area is 133 Å². The van der Waals surface area contributed by atoms with E-state index in [-0.39, 0.29) is 18.0 Å². The molecule has 2 fully saturated rings. The third-order valence-electron chi connectivity index (χ3n) is 4.62. The molecule has 2 saturated heterocycles. The molecule has 1 unspecified atom stereocenters. The second-order valence-corrected chi connectivity index (χ2v) is 6.01. The highest BCUT2D eigenvalue weighted by atomic mass is 16.6. The Morgan fingerprint density at radius 2 is 2.26 bits per heavy atom. The lowest BCUT2D eigenvalue weighted by molar-refractivity contribution is -0.132. The molecule has 4 heterocycles. The zero-order valence-corrected chi connectivity index (χ0v) is 12.9. The first-order valence-corrected chi connectivity index (χ1v) is 7.77. The number of hydrogen-bond donors (Lipinski definition) is 0. The van der Waals surface area contributed by atoms with Crippen molar-refractivity contribution in [3.63, 3.8) is 0 Å². The monoisotopic (exact) mass is 314 g/mol. The number of rotatable bonds is 2. The van der Waals surface area contributed by atoms with Gasteiger partial charge < -0.3 is 14.0 Å². The lowest BCUT2D eigenvalue weighted by atomic mass is 10.1. The summed E-state index contributed by atoms with van der Waals surface area (Å²) in [6.45, 7) is 3.94. The molecule has 2 aliphatic heterocycles. The number of ether oxygens (including phenoxy) is 1. The highest BCUT2D eigenvalue weighted by Crippen LogP contribution is 2.19. The van der Waals surface area contributed by atoms with Gasteiger partial charge in [-0.05, 0) is 19.1 Å². The van der Waals surface area contributed by atoms with E-state index in [9.17, 15) is 9.59 Å². The quantitative estimate of drug-likeness (QED) is 0.824. The largest absolute Gasteiger partial charge is 0.447 e. The van der Waals surface area contributed by atoms with Crippen LogP contribution in [-0.2, 0) is 16.0 Å². The molecule has 0 spiro atoms. The molecule has 0 radical (unpaired) electrons. The van der Waals surface area contributed by atoms with Gasteiger partial charge in [-0.3, -0.25) is 9.69 Å². The second-order valence-electron chi connectivity index (χ2n) is 6.01. The number of cyclic esters (lactones) is 1. The Balaban J connectivity index is 1.51. The molecule has 0 aliphatic carbocycles. The van der Waals surface area contributed by atoms with Crippen LogP contribution in [0.5, 0.6) is 0 Å². The summed E-state index contributed by atoms with van der Waals surface area (Å²) in [6.07, 6.45) is 1.98. The molecule has 0 N–H and O–H groups in total. The standard InChI is InChI=1S/C16H18N4O3/c1-11-13(20-5-3-2-4-14(20)17-11)8-15(21)18-6-7-19-12(9-18)10-23-16(19)22/h2-5,12H,6-10H2,1H3. The van der Waals surface area contributed by atoms with Crippen LogP contribution in [0.2, 0.25) is 0 Å². The molecule has 0 saturated carbocycles. The summed E-state index contributed by atoms with van der Waals surface area (Å²) in [5.74, 6) is 0.0674. The van der Waals surface area contributed by atoms with Crippen LogP contribution in [-0.4, -0.2) is 63.5 Å². The summed E-state index contributed by atoms with van der Waals surface area (Å²) in [4.78, 5) is 32.2. The van der Waals surface area contributed by atoms with Crippen LogP contribution in [0.15, 0.2) is 24.4 Å². The van der Waals surface area contributed by atoms with E-state index in [1.807, 2.05) is 40.6 Å². The summed E-state index contributed by atoms with van der Waals surface area (Å²) in [7, 11) is 0. The van der Waals surface area contributed by atoms with E-state index < -0.39 is 0 Å². The van der Waals surface area contributed by atoms with Crippen LogP contribution in [0.4, 0.5) is 4.79 Å². The number of carbonyl (C=O) groups is 2. The van der Waals surface area contributed by atoms with E-state index in [4.69, 9.17) is 4.74 Å². The minimum Gasteiger partial charge on any atom is -0.447 e. The van der Waals surface area contributed by atoms with Gasteiger partial charge in [0.25, 0.3) is 0 Å². The summed E-state index contributed by atoms with van der Waals surface area (Å²) in [5.41, 5.74) is 2.65. The zero-order valence-electron chi connectivity index (χ0n) is 12.9.